The molecule has 0 amide bonds. The monoisotopic (exact) mass is 421 g/mol. The van der Waals surface area contributed by atoms with Crippen LogP contribution < -0.4 is 14.8 Å². The van der Waals surface area contributed by atoms with Crippen LogP contribution in [0.25, 0.3) is 0 Å². The molecule has 0 unspecified atom stereocenters. The van der Waals surface area contributed by atoms with E-state index in [0.717, 1.165) is 16.8 Å². The van der Waals surface area contributed by atoms with Gasteiger partial charge in [-0.15, -0.1) is 0 Å². The Balaban J connectivity index is 1.66. The van der Waals surface area contributed by atoms with E-state index in [-0.39, 0.29) is 0 Å². The van der Waals surface area contributed by atoms with E-state index >= 15 is 0 Å². The fraction of sp³-hybridized carbons (Fsp3) is 0.143. The summed E-state index contributed by atoms with van der Waals surface area (Å²) in [6.07, 6.45) is 0. The average molecular weight is 423 g/mol. The molecule has 0 saturated heterocycles. The van der Waals surface area contributed by atoms with Crippen molar-refractivity contribution in [1.82, 2.24) is 0 Å². The highest BCUT2D eigenvalue weighted by molar-refractivity contribution is 6.35. The summed E-state index contributed by atoms with van der Waals surface area (Å²) in [5, 5.41) is 5.20. The topological polar surface area (TPSA) is 30.5 Å². The first-order valence-electron chi connectivity index (χ1n) is 8.28. The number of hydrogen-bond acceptors (Lipinski definition) is 3. The Bertz CT molecular complexity index is 931. The van der Waals surface area contributed by atoms with Crippen LogP contribution in [-0.2, 0) is 13.2 Å². The molecular weight excluding hydrogens is 405 g/mol. The summed E-state index contributed by atoms with van der Waals surface area (Å²) in [7, 11) is 1.62. The van der Waals surface area contributed by atoms with Gasteiger partial charge in [-0.05, 0) is 48.0 Å². The predicted octanol–water partition coefficient (Wildman–Crippen LogP) is 6.85. The highest BCUT2D eigenvalue weighted by Gasteiger charge is 2.08. The van der Waals surface area contributed by atoms with Crippen molar-refractivity contribution in [2.24, 2.45) is 0 Å². The summed E-state index contributed by atoms with van der Waals surface area (Å²) >= 11 is 18.1. The Hall–Kier alpha value is -2.07. The minimum Gasteiger partial charge on any atom is -0.493 e. The lowest BCUT2D eigenvalue weighted by molar-refractivity contribution is 0.284. The van der Waals surface area contributed by atoms with Crippen molar-refractivity contribution in [3.05, 3.63) is 86.9 Å². The predicted molar refractivity (Wildman–Crippen MR) is 113 cm³/mol. The molecule has 6 heteroatoms. The van der Waals surface area contributed by atoms with Crippen LogP contribution in [0.4, 0.5) is 5.69 Å². The highest BCUT2D eigenvalue weighted by atomic mass is 35.5. The maximum Gasteiger partial charge on any atom is 0.161 e. The molecule has 0 fully saturated rings. The van der Waals surface area contributed by atoms with Gasteiger partial charge in [0, 0.05) is 32.9 Å². The molecule has 0 bridgehead atoms. The molecule has 3 aromatic carbocycles. The van der Waals surface area contributed by atoms with E-state index < -0.39 is 0 Å². The number of rotatable bonds is 7. The van der Waals surface area contributed by atoms with Crippen LogP contribution in [-0.4, -0.2) is 7.11 Å². The summed E-state index contributed by atoms with van der Waals surface area (Å²) in [5.74, 6) is 1.31. The van der Waals surface area contributed by atoms with Crippen LogP contribution in [0.3, 0.4) is 0 Å². The number of nitrogens with one attached hydrogen (secondary N) is 1. The van der Waals surface area contributed by atoms with Gasteiger partial charge in [0.1, 0.15) is 6.61 Å². The molecule has 0 atom stereocenters. The van der Waals surface area contributed by atoms with Gasteiger partial charge in [0.05, 0.1) is 7.11 Å². The fourth-order valence-corrected chi connectivity index (χ4v) is 3.19. The molecule has 0 aliphatic heterocycles. The Morgan fingerprint density at radius 3 is 2.41 bits per heavy atom. The van der Waals surface area contributed by atoms with Crippen LogP contribution in [0, 0.1) is 0 Å². The zero-order valence-electron chi connectivity index (χ0n) is 14.6. The van der Waals surface area contributed by atoms with Crippen LogP contribution in [0.15, 0.2) is 60.7 Å². The molecule has 140 valence electrons. The quantitative estimate of drug-likeness (QED) is 0.452. The van der Waals surface area contributed by atoms with Crippen LogP contribution in [0.2, 0.25) is 15.1 Å². The van der Waals surface area contributed by atoms with Gasteiger partial charge >= 0.3 is 0 Å². The van der Waals surface area contributed by atoms with Crippen molar-refractivity contribution in [3.8, 4) is 11.5 Å². The molecule has 0 heterocycles. The molecule has 3 aromatic rings. The molecule has 0 aliphatic carbocycles. The lowest BCUT2D eigenvalue weighted by Gasteiger charge is -2.14. The first-order chi connectivity index (χ1) is 13.0. The van der Waals surface area contributed by atoms with Gasteiger partial charge in [0.15, 0.2) is 11.5 Å². The van der Waals surface area contributed by atoms with E-state index in [4.69, 9.17) is 44.3 Å². The zero-order valence-corrected chi connectivity index (χ0v) is 16.9. The van der Waals surface area contributed by atoms with Crippen molar-refractivity contribution in [1.29, 1.82) is 0 Å². The molecular formula is C21H18Cl3NO2. The van der Waals surface area contributed by atoms with Crippen LogP contribution >= 0.6 is 34.8 Å². The van der Waals surface area contributed by atoms with Crippen LogP contribution in [0.1, 0.15) is 11.1 Å². The lowest BCUT2D eigenvalue weighted by atomic mass is 10.2. The molecule has 27 heavy (non-hydrogen) atoms. The van der Waals surface area contributed by atoms with Gasteiger partial charge in [0.2, 0.25) is 0 Å². The third kappa shape index (κ3) is 5.46. The lowest BCUT2D eigenvalue weighted by Crippen LogP contribution is -2.02. The van der Waals surface area contributed by atoms with Crippen molar-refractivity contribution in [3.63, 3.8) is 0 Å². The second-order valence-electron chi connectivity index (χ2n) is 5.87. The summed E-state index contributed by atoms with van der Waals surface area (Å²) < 4.78 is 11.3. The molecule has 0 aliphatic rings. The van der Waals surface area contributed by atoms with Gasteiger partial charge in [-0.2, -0.15) is 0 Å². The maximum absolute atomic E-state index is 6.19. The van der Waals surface area contributed by atoms with E-state index in [9.17, 15) is 0 Å². The fourth-order valence-electron chi connectivity index (χ4n) is 2.54. The van der Waals surface area contributed by atoms with Crippen molar-refractivity contribution >= 4 is 40.5 Å². The van der Waals surface area contributed by atoms with Gasteiger partial charge in [-0.1, -0.05) is 53.0 Å². The smallest absolute Gasteiger partial charge is 0.161 e. The van der Waals surface area contributed by atoms with E-state index in [0.29, 0.717) is 39.7 Å². The van der Waals surface area contributed by atoms with E-state index in [1.807, 2.05) is 48.5 Å². The third-order valence-electron chi connectivity index (χ3n) is 3.95. The largest absolute Gasteiger partial charge is 0.493 e. The standard InChI is InChI=1S/C21H18Cl3NO2/c1-26-21-9-14(12-25-18-4-2-3-16(22)10-18)5-8-20(21)27-13-15-6-7-17(23)11-19(15)24/h2-11,25H,12-13H2,1H3. The Kier molecular flexibility index (Phi) is 6.73. The number of hydrogen-bond donors (Lipinski definition) is 1. The number of methoxy groups -OCH3 is 1. The molecule has 0 radical (unpaired) electrons. The van der Waals surface area contributed by atoms with E-state index in [1.165, 1.54) is 0 Å². The maximum atomic E-state index is 6.19. The van der Waals surface area contributed by atoms with Gasteiger partial charge in [-0.25, -0.2) is 0 Å². The van der Waals surface area contributed by atoms with Gasteiger partial charge in [-0.3, -0.25) is 0 Å². The summed E-state index contributed by atoms with van der Waals surface area (Å²) in [4.78, 5) is 0. The first-order valence-corrected chi connectivity index (χ1v) is 9.41. The van der Waals surface area contributed by atoms with E-state index in [2.05, 4.69) is 5.32 Å². The average Bonchev–Trinajstić information content (AvgIpc) is 2.66. The Morgan fingerprint density at radius 1 is 0.852 bits per heavy atom. The molecule has 0 saturated carbocycles. The Labute approximate surface area is 173 Å². The highest BCUT2D eigenvalue weighted by Crippen LogP contribution is 2.30. The second kappa shape index (κ2) is 9.23. The SMILES string of the molecule is COc1cc(CNc2cccc(Cl)c2)ccc1OCc1ccc(Cl)cc1Cl. The first kappa shape index (κ1) is 19.7. The van der Waals surface area contributed by atoms with Crippen LogP contribution in [0.5, 0.6) is 11.5 Å². The third-order valence-corrected chi connectivity index (χ3v) is 4.77. The zero-order chi connectivity index (χ0) is 19.2. The molecule has 1 N–H and O–H groups in total. The second-order valence-corrected chi connectivity index (χ2v) is 7.15. The number of halogens is 3. The number of ether oxygens (including phenoxy) is 2. The van der Waals surface area contributed by atoms with E-state index in [1.54, 1.807) is 19.2 Å². The number of anilines is 1. The van der Waals surface area contributed by atoms with Crippen molar-refractivity contribution in [2.45, 2.75) is 13.2 Å². The summed E-state index contributed by atoms with van der Waals surface area (Å²) in [5.41, 5.74) is 2.87. The molecule has 3 rings (SSSR count). The van der Waals surface area contributed by atoms with Crippen molar-refractivity contribution < 1.29 is 9.47 Å². The normalized spacial score (nSPS) is 10.5. The minimum absolute atomic E-state index is 0.326. The number of benzene rings is 3. The molecule has 0 spiro atoms. The molecule has 0 aromatic heterocycles. The Morgan fingerprint density at radius 2 is 1.67 bits per heavy atom. The van der Waals surface area contributed by atoms with Crippen molar-refractivity contribution in [2.75, 3.05) is 12.4 Å². The molecule has 3 nitrogen and oxygen atoms in total. The summed E-state index contributed by atoms with van der Waals surface area (Å²) in [6, 6.07) is 18.7. The minimum atomic E-state index is 0.326. The summed E-state index contributed by atoms with van der Waals surface area (Å²) in [6.45, 7) is 0.965. The van der Waals surface area contributed by atoms with Gasteiger partial charge in [0.25, 0.3) is 0 Å². The van der Waals surface area contributed by atoms with Gasteiger partial charge < -0.3 is 14.8 Å².